The molecule has 0 amide bonds. The molecule has 0 radical (unpaired) electrons. The van der Waals surface area contributed by atoms with Crippen molar-refractivity contribution in [3.8, 4) is 5.69 Å². The zero-order valence-electron chi connectivity index (χ0n) is 16.2. The minimum atomic E-state index is -0.998. The Morgan fingerprint density at radius 3 is 2.34 bits per heavy atom. The Morgan fingerprint density at radius 2 is 1.69 bits per heavy atom. The van der Waals surface area contributed by atoms with Crippen molar-refractivity contribution in [3.05, 3.63) is 95.9 Å². The largest absolute Gasteiger partial charge is 0.481 e. The van der Waals surface area contributed by atoms with E-state index in [1.165, 1.54) is 12.1 Å². The van der Waals surface area contributed by atoms with Crippen LogP contribution in [0.4, 0.5) is 4.39 Å². The summed E-state index contributed by atoms with van der Waals surface area (Å²) in [5.41, 5.74) is 2.50. The predicted molar refractivity (Wildman–Crippen MR) is 111 cm³/mol. The van der Waals surface area contributed by atoms with Crippen molar-refractivity contribution in [2.24, 2.45) is 5.41 Å². The molecule has 4 aromatic rings. The van der Waals surface area contributed by atoms with Crippen LogP contribution in [0, 0.1) is 11.2 Å². The van der Waals surface area contributed by atoms with E-state index in [0.29, 0.717) is 0 Å². The zero-order valence-corrected chi connectivity index (χ0v) is 16.2. The van der Waals surface area contributed by atoms with E-state index >= 15 is 0 Å². The fourth-order valence-electron chi connectivity index (χ4n) is 3.81. The number of carbonyl (C=O) groups is 1. The Morgan fingerprint density at radius 1 is 1.00 bits per heavy atom. The van der Waals surface area contributed by atoms with Crippen molar-refractivity contribution in [1.82, 2.24) is 9.78 Å². The number of fused-ring (bicyclic) bond motifs is 1. The molecule has 1 aromatic heterocycles. The monoisotopic (exact) mass is 388 g/mol. The standard InChI is InChI=1S/C24H21FN2O2/c1-24(2,23(28)29)22(16-6-4-3-5-7-16)17-8-13-21-18(14-17)15-26-27(21)20-11-9-19(25)10-12-20/h3-15,22H,1-2H3,(H,28,29). The first-order valence-corrected chi connectivity index (χ1v) is 9.40. The average molecular weight is 388 g/mol. The highest BCUT2D eigenvalue weighted by atomic mass is 19.1. The van der Waals surface area contributed by atoms with E-state index in [-0.39, 0.29) is 11.7 Å². The molecule has 0 bridgehead atoms. The second-order valence-electron chi connectivity index (χ2n) is 7.72. The van der Waals surface area contributed by atoms with Gasteiger partial charge in [0.1, 0.15) is 5.82 Å². The summed E-state index contributed by atoms with van der Waals surface area (Å²) >= 11 is 0. The molecule has 146 valence electrons. The highest BCUT2D eigenvalue weighted by Gasteiger charge is 2.39. The first-order valence-electron chi connectivity index (χ1n) is 9.40. The Hall–Kier alpha value is -3.47. The fourth-order valence-corrected chi connectivity index (χ4v) is 3.81. The molecule has 0 fully saturated rings. The lowest BCUT2D eigenvalue weighted by molar-refractivity contribution is -0.147. The lowest BCUT2D eigenvalue weighted by atomic mass is 9.71. The van der Waals surface area contributed by atoms with E-state index in [0.717, 1.165) is 27.7 Å². The number of nitrogens with zero attached hydrogens (tertiary/aromatic N) is 2. The molecule has 3 aromatic carbocycles. The molecule has 5 heteroatoms. The summed E-state index contributed by atoms with van der Waals surface area (Å²) in [6, 6.07) is 21.7. The molecule has 1 heterocycles. The molecule has 0 aliphatic rings. The van der Waals surface area contributed by atoms with Crippen molar-refractivity contribution in [2.45, 2.75) is 19.8 Å². The molecule has 0 aliphatic heterocycles. The summed E-state index contributed by atoms with van der Waals surface area (Å²) in [6.07, 6.45) is 1.75. The van der Waals surface area contributed by atoms with Gasteiger partial charge in [-0.15, -0.1) is 0 Å². The van der Waals surface area contributed by atoms with Crippen LogP contribution in [0.1, 0.15) is 30.9 Å². The van der Waals surface area contributed by atoms with Gasteiger partial charge in [0.25, 0.3) is 0 Å². The summed E-state index contributed by atoms with van der Waals surface area (Å²) in [5.74, 6) is -1.47. The van der Waals surface area contributed by atoms with Crippen molar-refractivity contribution < 1.29 is 14.3 Å². The lowest BCUT2D eigenvalue weighted by Crippen LogP contribution is -2.32. The SMILES string of the molecule is CC(C)(C(=O)O)C(c1ccccc1)c1ccc2c(cnn2-c2ccc(F)cc2)c1. The van der Waals surface area contributed by atoms with Crippen LogP contribution in [0.25, 0.3) is 16.6 Å². The van der Waals surface area contributed by atoms with Gasteiger partial charge in [0, 0.05) is 11.3 Å². The molecule has 4 nitrogen and oxygen atoms in total. The number of carboxylic acid groups (broad SMARTS) is 1. The van der Waals surface area contributed by atoms with Gasteiger partial charge in [-0.3, -0.25) is 4.79 Å². The molecule has 1 N–H and O–H groups in total. The van der Waals surface area contributed by atoms with Gasteiger partial charge in [0.15, 0.2) is 0 Å². The Bertz CT molecular complexity index is 1160. The fraction of sp³-hybridized carbons (Fsp3) is 0.167. The highest BCUT2D eigenvalue weighted by Crippen LogP contribution is 2.42. The van der Waals surface area contributed by atoms with Gasteiger partial charge < -0.3 is 5.11 Å². The van der Waals surface area contributed by atoms with E-state index in [1.807, 2.05) is 48.5 Å². The predicted octanol–water partition coefficient (Wildman–Crippen LogP) is 5.41. The number of aromatic nitrogens is 2. The van der Waals surface area contributed by atoms with Crippen molar-refractivity contribution in [3.63, 3.8) is 0 Å². The third kappa shape index (κ3) is 3.40. The van der Waals surface area contributed by atoms with Crippen molar-refractivity contribution in [2.75, 3.05) is 0 Å². The smallest absolute Gasteiger partial charge is 0.310 e. The van der Waals surface area contributed by atoms with Crippen LogP contribution in [0.2, 0.25) is 0 Å². The van der Waals surface area contributed by atoms with Crippen molar-refractivity contribution >= 4 is 16.9 Å². The van der Waals surface area contributed by atoms with Gasteiger partial charge in [0.05, 0.1) is 22.8 Å². The number of benzene rings is 3. The number of hydrogen-bond donors (Lipinski definition) is 1. The molecular weight excluding hydrogens is 367 g/mol. The Balaban J connectivity index is 1.83. The minimum Gasteiger partial charge on any atom is -0.481 e. The normalized spacial score (nSPS) is 12.8. The molecule has 29 heavy (non-hydrogen) atoms. The van der Waals surface area contributed by atoms with E-state index in [1.54, 1.807) is 36.9 Å². The average Bonchev–Trinajstić information content (AvgIpc) is 3.12. The highest BCUT2D eigenvalue weighted by molar-refractivity contribution is 5.82. The van der Waals surface area contributed by atoms with Gasteiger partial charge in [-0.2, -0.15) is 5.10 Å². The number of rotatable bonds is 5. The third-order valence-electron chi connectivity index (χ3n) is 5.40. The maximum Gasteiger partial charge on any atom is 0.310 e. The summed E-state index contributed by atoms with van der Waals surface area (Å²) < 4.78 is 15.0. The van der Waals surface area contributed by atoms with Crippen LogP contribution >= 0.6 is 0 Å². The second kappa shape index (κ2) is 7.17. The molecule has 1 unspecified atom stereocenters. The van der Waals surface area contributed by atoms with Crippen LogP contribution in [-0.4, -0.2) is 20.9 Å². The second-order valence-corrected chi connectivity index (χ2v) is 7.72. The third-order valence-corrected chi connectivity index (χ3v) is 5.40. The summed E-state index contributed by atoms with van der Waals surface area (Å²) in [6.45, 7) is 3.50. The van der Waals surface area contributed by atoms with E-state index in [9.17, 15) is 14.3 Å². The van der Waals surface area contributed by atoms with Gasteiger partial charge >= 0.3 is 5.97 Å². The topological polar surface area (TPSA) is 55.1 Å². The Labute approximate surface area is 168 Å². The minimum absolute atomic E-state index is 0.297. The summed E-state index contributed by atoms with van der Waals surface area (Å²) in [5, 5.41) is 15.2. The number of aliphatic carboxylic acids is 1. The van der Waals surface area contributed by atoms with Crippen LogP contribution in [0.3, 0.4) is 0 Å². The van der Waals surface area contributed by atoms with Crippen molar-refractivity contribution in [1.29, 1.82) is 0 Å². The van der Waals surface area contributed by atoms with Crippen LogP contribution in [-0.2, 0) is 4.79 Å². The van der Waals surface area contributed by atoms with Gasteiger partial charge in [-0.1, -0.05) is 36.4 Å². The number of hydrogen-bond acceptors (Lipinski definition) is 2. The first kappa shape index (κ1) is 18.9. The van der Waals surface area contributed by atoms with Crippen LogP contribution in [0.15, 0.2) is 79.0 Å². The summed E-state index contributed by atoms with van der Waals surface area (Å²) in [7, 11) is 0. The lowest BCUT2D eigenvalue weighted by Gasteiger charge is -2.31. The molecule has 4 rings (SSSR count). The maximum atomic E-state index is 13.2. The summed E-state index contributed by atoms with van der Waals surface area (Å²) in [4.78, 5) is 12.0. The first-order chi connectivity index (χ1) is 13.9. The van der Waals surface area contributed by atoms with E-state index < -0.39 is 11.4 Å². The van der Waals surface area contributed by atoms with Crippen LogP contribution in [0.5, 0.6) is 0 Å². The molecular formula is C24H21FN2O2. The van der Waals surface area contributed by atoms with Gasteiger partial charge in [0.2, 0.25) is 0 Å². The molecule has 0 aliphatic carbocycles. The molecule has 0 saturated carbocycles. The quantitative estimate of drug-likeness (QED) is 0.497. The molecule has 0 spiro atoms. The van der Waals surface area contributed by atoms with E-state index in [2.05, 4.69) is 5.10 Å². The number of halogens is 1. The molecule has 0 saturated heterocycles. The van der Waals surface area contributed by atoms with Gasteiger partial charge in [-0.25, -0.2) is 9.07 Å². The Kier molecular flexibility index (Phi) is 4.66. The zero-order chi connectivity index (χ0) is 20.6. The van der Waals surface area contributed by atoms with Gasteiger partial charge in [-0.05, 0) is 61.4 Å². The van der Waals surface area contributed by atoms with Crippen LogP contribution < -0.4 is 0 Å². The molecule has 1 atom stereocenters. The number of carboxylic acids is 1. The maximum absolute atomic E-state index is 13.2. The van der Waals surface area contributed by atoms with E-state index in [4.69, 9.17) is 0 Å².